The lowest BCUT2D eigenvalue weighted by molar-refractivity contribution is -0.137. The SMILES string of the molecule is C[C@H](O)CNc1ccc(C2=NNC(=O)CO2)cc1C(F)(F)F. The number of carbonyl (C=O) groups is 1. The molecule has 1 aromatic rings. The van der Waals surface area contributed by atoms with Gasteiger partial charge in [0.05, 0.1) is 11.7 Å². The van der Waals surface area contributed by atoms with E-state index in [0.717, 1.165) is 6.07 Å². The molecule has 1 aromatic carbocycles. The maximum absolute atomic E-state index is 13.1. The van der Waals surface area contributed by atoms with Gasteiger partial charge in [0.25, 0.3) is 5.91 Å². The van der Waals surface area contributed by atoms with Gasteiger partial charge in [0, 0.05) is 17.8 Å². The number of benzene rings is 1. The van der Waals surface area contributed by atoms with E-state index in [4.69, 9.17) is 9.84 Å². The van der Waals surface area contributed by atoms with Crippen LogP contribution in [0.15, 0.2) is 23.3 Å². The van der Waals surface area contributed by atoms with Crippen LogP contribution in [0.25, 0.3) is 0 Å². The van der Waals surface area contributed by atoms with Gasteiger partial charge in [-0.25, -0.2) is 5.43 Å². The number of halogens is 3. The Morgan fingerprint density at radius 3 is 2.77 bits per heavy atom. The van der Waals surface area contributed by atoms with Crippen LogP contribution in [0.3, 0.4) is 0 Å². The fourth-order valence-electron chi connectivity index (χ4n) is 1.78. The molecule has 9 heteroatoms. The zero-order valence-electron chi connectivity index (χ0n) is 11.6. The number of nitrogens with one attached hydrogen (secondary N) is 2. The topological polar surface area (TPSA) is 83.0 Å². The van der Waals surface area contributed by atoms with E-state index < -0.39 is 23.8 Å². The summed E-state index contributed by atoms with van der Waals surface area (Å²) in [5.74, 6) is -0.567. The van der Waals surface area contributed by atoms with Crippen molar-refractivity contribution >= 4 is 17.5 Å². The van der Waals surface area contributed by atoms with Crippen LogP contribution in [-0.2, 0) is 15.7 Å². The monoisotopic (exact) mass is 317 g/mol. The molecule has 0 aromatic heterocycles. The second-order valence-corrected chi connectivity index (χ2v) is 4.73. The van der Waals surface area contributed by atoms with E-state index in [-0.39, 0.29) is 30.3 Å². The van der Waals surface area contributed by atoms with Gasteiger partial charge in [0.2, 0.25) is 5.90 Å². The Hall–Kier alpha value is -2.29. The lowest BCUT2D eigenvalue weighted by Crippen LogP contribution is -2.32. The van der Waals surface area contributed by atoms with Gasteiger partial charge in [-0.3, -0.25) is 4.79 Å². The summed E-state index contributed by atoms with van der Waals surface area (Å²) < 4.78 is 44.4. The smallest absolute Gasteiger partial charge is 0.418 e. The van der Waals surface area contributed by atoms with Gasteiger partial charge in [-0.1, -0.05) is 0 Å². The van der Waals surface area contributed by atoms with Gasteiger partial charge in [0.15, 0.2) is 6.61 Å². The highest BCUT2D eigenvalue weighted by Gasteiger charge is 2.34. The molecule has 0 spiro atoms. The molecule has 1 heterocycles. The van der Waals surface area contributed by atoms with Crippen molar-refractivity contribution in [3.05, 3.63) is 29.3 Å². The predicted molar refractivity (Wildman–Crippen MR) is 72.2 cm³/mol. The number of ether oxygens (including phenoxy) is 1. The molecule has 0 saturated carbocycles. The summed E-state index contributed by atoms with van der Waals surface area (Å²) in [5, 5.41) is 15.3. The minimum absolute atomic E-state index is 0.0179. The highest BCUT2D eigenvalue weighted by Crippen LogP contribution is 2.35. The molecule has 1 amide bonds. The summed E-state index contributed by atoms with van der Waals surface area (Å²) in [6.45, 7) is 1.14. The van der Waals surface area contributed by atoms with E-state index in [1.54, 1.807) is 0 Å². The Bertz CT molecular complexity index is 600. The van der Waals surface area contributed by atoms with E-state index in [2.05, 4.69) is 15.8 Å². The second-order valence-electron chi connectivity index (χ2n) is 4.73. The number of alkyl halides is 3. The number of hydrogen-bond acceptors (Lipinski definition) is 5. The second kappa shape index (κ2) is 6.22. The maximum atomic E-state index is 13.1. The zero-order valence-corrected chi connectivity index (χ0v) is 11.6. The molecule has 1 atom stereocenters. The number of amides is 1. The van der Waals surface area contributed by atoms with Crippen LogP contribution in [0.5, 0.6) is 0 Å². The number of aliphatic hydroxyl groups is 1. The van der Waals surface area contributed by atoms with E-state index in [9.17, 15) is 18.0 Å². The van der Waals surface area contributed by atoms with Gasteiger partial charge >= 0.3 is 6.18 Å². The van der Waals surface area contributed by atoms with Crippen LogP contribution >= 0.6 is 0 Å². The van der Waals surface area contributed by atoms with Crippen molar-refractivity contribution in [2.24, 2.45) is 5.10 Å². The Labute approximate surface area is 124 Å². The molecule has 6 nitrogen and oxygen atoms in total. The van der Waals surface area contributed by atoms with Gasteiger partial charge in [-0.2, -0.15) is 13.2 Å². The van der Waals surface area contributed by atoms with Crippen molar-refractivity contribution in [1.29, 1.82) is 0 Å². The fraction of sp³-hybridized carbons (Fsp3) is 0.385. The van der Waals surface area contributed by atoms with Gasteiger partial charge < -0.3 is 15.2 Å². The first-order valence-electron chi connectivity index (χ1n) is 6.40. The highest BCUT2D eigenvalue weighted by molar-refractivity contribution is 5.98. The molecule has 0 bridgehead atoms. The number of anilines is 1. The number of rotatable bonds is 4. The van der Waals surface area contributed by atoms with E-state index in [0.29, 0.717) is 0 Å². The molecule has 1 aliphatic heterocycles. The van der Waals surface area contributed by atoms with Crippen LogP contribution in [0, 0.1) is 0 Å². The number of hydrazone groups is 1. The summed E-state index contributed by atoms with van der Waals surface area (Å²) in [6.07, 6.45) is -5.38. The summed E-state index contributed by atoms with van der Waals surface area (Å²) in [6, 6.07) is 3.49. The summed E-state index contributed by atoms with van der Waals surface area (Å²) in [7, 11) is 0. The lowest BCUT2D eigenvalue weighted by atomic mass is 10.1. The Morgan fingerprint density at radius 2 is 2.23 bits per heavy atom. The first-order chi connectivity index (χ1) is 10.3. The molecule has 22 heavy (non-hydrogen) atoms. The van der Waals surface area contributed by atoms with Crippen molar-refractivity contribution < 1.29 is 27.8 Å². The predicted octanol–water partition coefficient (Wildman–Crippen LogP) is 1.31. The Morgan fingerprint density at radius 1 is 1.50 bits per heavy atom. The minimum Gasteiger partial charge on any atom is -0.466 e. The molecule has 0 fully saturated rings. The first kappa shape index (κ1) is 16.1. The summed E-state index contributed by atoms with van der Waals surface area (Å²) in [4.78, 5) is 10.9. The quantitative estimate of drug-likeness (QED) is 0.782. The zero-order chi connectivity index (χ0) is 16.3. The summed E-state index contributed by atoms with van der Waals surface area (Å²) in [5.41, 5.74) is 1.17. The normalized spacial score (nSPS) is 16.4. The largest absolute Gasteiger partial charge is 0.466 e. The third-order valence-corrected chi connectivity index (χ3v) is 2.78. The third kappa shape index (κ3) is 3.88. The Kier molecular flexibility index (Phi) is 4.55. The summed E-state index contributed by atoms with van der Waals surface area (Å²) >= 11 is 0. The third-order valence-electron chi connectivity index (χ3n) is 2.78. The lowest BCUT2D eigenvalue weighted by Gasteiger charge is -2.18. The van der Waals surface area contributed by atoms with E-state index in [1.165, 1.54) is 19.1 Å². The van der Waals surface area contributed by atoms with Crippen LogP contribution in [0.4, 0.5) is 18.9 Å². The van der Waals surface area contributed by atoms with Crippen LogP contribution in [-0.4, -0.2) is 36.2 Å². The number of hydrogen-bond donors (Lipinski definition) is 3. The highest BCUT2D eigenvalue weighted by atomic mass is 19.4. The van der Waals surface area contributed by atoms with Crippen molar-refractivity contribution in [2.75, 3.05) is 18.5 Å². The molecule has 120 valence electrons. The average Bonchev–Trinajstić information content (AvgIpc) is 2.45. The van der Waals surface area contributed by atoms with Crippen molar-refractivity contribution in [3.8, 4) is 0 Å². The minimum atomic E-state index is -4.59. The first-order valence-corrected chi connectivity index (χ1v) is 6.40. The van der Waals surface area contributed by atoms with E-state index in [1.807, 2.05) is 0 Å². The maximum Gasteiger partial charge on any atom is 0.418 e. The molecule has 1 aliphatic rings. The van der Waals surface area contributed by atoms with Crippen molar-refractivity contribution in [3.63, 3.8) is 0 Å². The van der Waals surface area contributed by atoms with Gasteiger partial charge in [0.1, 0.15) is 0 Å². The number of aliphatic hydroxyl groups excluding tert-OH is 1. The molecule has 0 aliphatic carbocycles. The standard InChI is InChI=1S/C13H14F3N3O3/c1-7(20)5-17-10-3-2-8(4-9(10)13(14,15)16)12-19-18-11(21)6-22-12/h2-4,7,17,20H,5-6H2,1H3,(H,18,21)/t7-/m0/s1. The average molecular weight is 317 g/mol. The van der Waals surface area contributed by atoms with Crippen LogP contribution in [0.1, 0.15) is 18.1 Å². The van der Waals surface area contributed by atoms with Gasteiger partial charge in [-0.05, 0) is 25.1 Å². The molecule has 0 radical (unpaired) electrons. The number of nitrogens with zero attached hydrogens (tertiary/aromatic N) is 1. The van der Waals surface area contributed by atoms with Gasteiger partial charge in [-0.15, -0.1) is 5.10 Å². The van der Waals surface area contributed by atoms with Crippen LogP contribution in [0.2, 0.25) is 0 Å². The van der Waals surface area contributed by atoms with Crippen LogP contribution < -0.4 is 10.7 Å². The molecule has 3 N–H and O–H groups in total. The molecule has 0 saturated heterocycles. The molecular weight excluding hydrogens is 303 g/mol. The molecule has 2 rings (SSSR count). The number of carbonyl (C=O) groups excluding carboxylic acids is 1. The molecule has 0 unspecified atom stereocenters. The van der Waals surface area contributed by atoms with Crippen molar-refractivity contribution in [1.82, 2.24) is 5.43 Å². The Balaban J connectivity index is 2.33. The fourth-order valence-corrected chi connectivity index (χ4v) is 1.78. The van der Waals surface area contributed by atoms with E-state index >= 15 is 0 Å². The van der Waals surface area contributed by atoms with Crippen molar-refractivity contribution in [2.45, 2.75) is 19.2 Å². The molecular formula is C13H14F3N3O3.